The fourth-order valence-electron chi connectivity index (χ4n) is 1.70. The number of aryl methyl sites for hydroxylation is 1. The maximum absolute atomic E-state index is 11.5. The molecule has 1 aromatic carbocycles. The molecule has 0 unspecified atom stereocenters. The predicted octanol–water partition coefficient (Wildman–Crippen LogP) is 0.838. The van der Waals surface area contributed by atoms with Crippen molar-refractivity contribution in [1.82, 2.24) is 4.90 Å². The van der Waals surface area contributed by atoms with Crippen molar-refractivity contribution in [1.29, 1.82) is 0 Å². The predicted molar refractivity (Wildman–Crippen MR) is 84.2 cm³/mol. The largest absolute Gasteiger partial charge is 0.396 e. The molecule has 0 aromatic heterocycles. The summed E-state index contributed by atoms with van der Waals surface area (Å²) < 4.78 is 22.8. The molecule has 9 heteroatoms. The molecule has 22 heavy (non-hydrogen) atoms. The maximum Gasteiger partial charge on any atom is 0.321 e. The lowest BCUT2D eigenvalue weighted by Gasteiger charge is -2.17. The van der Waals surface area contributed by atoms with Crippen LogP contribution in [0.25, 0.3) is 0 Å². The number of aliphatic hydroxyl groups excluding tert-OH is 2. The number of urea groups is 1. The SMILES string of the molecule is Cc1cc(NC(=O)N(C)C)ccc1C(CO)CO.O=S(O)O. The second-order valence-electron chi connectivity index (χ2n) is 4.69. The van der Waals surface area contributed by atoms with E-state index in [0.29, 0.717) is 5.69 Å². The highest BCUT2D eigenvalue weighted by atomic mass is 32.2. The van der Waals surface area contributed by atoms with Crippen LogP contribution in [-0.4, -0.2) is 61.8 Å². The molecule has 0 aliphatic rings. The normalized spacial score (nSPS) is 10.2. The van der Waals surface area contributed by atoms with Crippen LogP contribution in [0.2, 0.25) is 0 Å². The minimum absolute atomic E-state index is 0.0965. The summed E-state index contributed by atoms with van der Waals surface area (Å²) in [4.78, 5) is 12.9. The van der Waals surface area contributed by atoms with Crippen molar-refractivity contribution in [2.45, 2.75) is 12.8 Å². The van der Waals surface area contributed by atoms with Gasteiger partial charge < -0.3 is 20.4 Å². The Hall–Kier alpha value is -1.52. The van der Waals surface area contributed by atoms with Crippen LogP contribution in [0, 0.1) is 6.92 Å². The third-order valence-corrected chi connectivity index (χ3v) is 2.81. The van der Waals surface area contributed by atoms with E-state index in [2.05, 4.69) is 5.32 Å². The fourth-order valence-corrected chi connectivity index (χ4v) is 1.70. The molecule has 126 valence electrons. The van der Waals surface area contributed by atoms with Crippen molar-refractivity contribution >= 4 is 23.1 Å². The first-order valence-corrected chi connectivity index (χ1v) is 7.39. The maximum atomic E-state index is 11.5. The highest BCUT2D eigenvalue weighted by Crippen LogP contribution is 2.22. The minimum atomic E-state index is -2.61. The van der Waals surface area contributed by atoms with Crippen molar-refractivity contribution in [3.63, 3.8) is 0 Å². The quantitative estimate of drug-likeness (QED) is 0.519. The summed E-state index contributed by atoms with van der Waals surface area (Å²) in [5.41, 5.74) is 2.52. The molecule has 8 nitrogen and oxygen atoms in total. The fraction of sp³-hybridized carbons (Fsp3) is 0.462. The van der Waals surface area contributed by atoms with Gasteiger partial charge in [0.1, 0.15) is 0 Å². The van der Waals surface area contributed by atoms with Crippen molar-refractivity contribution < 1.29 is 28.3 Å². The Morgan fingerprint density at radius 3 is 2.14 bits per heavy atom. The van der Waals surface area contributed by atoms with Gasteiger partial charge in [-0.05, 0) is 30.2 Å². The number of hydrogen-bond acceptors (Lipinski definition) is 4. The van der Waals surface area contributed by atoms with Crippen LogP contribution < -0.4 is 5.32 Å². The zero-order valence-corrected chi connectivity index (χ0v) is 13.5. The van der Waals surface area contributed by atoms with Crippen molar-refractivity contribution in [3.8, 4) is 0 Å². The third-order valence-electron chi connectivity index (χ3n) is 2.81. The summed E-state index contributed by atoms with van der Waals surface area (Å²) in [5, 5.41) is 21.1. The summed E-state index contributed by atoms with van der Waals surface area (Å²) in [5.74, 6) is -0.274. The second kappa shape index (κ2) is 10.2. The van der Waals surface area contributed by atoms with Crippen LogP contribution >= 0.6 is 0 Å². The van der Waals surface area contributed by atoms with Gasteiger partial charge in [-0.2, -0.15) is 4.21 Å². The van der Waals surface area contributed by atoms with Gasteiger partial charge >= 0.3 is 6.03 Å². The summed E-state index contributed by atoms with van der Waals surface area (Å²) in [6.45, 7) is 1.69. The van der Waals surface area contributed by atoms with E-state index in [4.69, 9.17) is 23.5 Å². The molecule has 0 saturated carbocycles. The Bertz CT molecular complexity index is 501. The molecular formula is C13H22N2O6S. The molecule has 0 aliphatic heterocycles. The molecule has 1 rings (SSSR count). The van der Waals surface area contributed by atoms with E-state index in [1.807, 2.05) is 19.1 Å². The van der Waals surface area contributed by atoms with Gasteiger partial charge in [-0.1, -0.05) is 6.07 Å². The highest BCUT2D eigenvalue weighted by Gasteiger charge is 2.12. The first-order chi connectivity index (χ1) is 10.2. The number of amides is 2. The highest BCUT2D eigenvalue weighted by molar-refractivity contribution is 7.73. The molecule has 0 spiro atoms. The van der Waals surface area contributed by atoms with Gasteiger partial charge in [0.25, 0.3) is 11.4 Å². The van der Waals surface area contributed by atoms with Gasteiger partial charge in [0.15, 0.2) is 0 Å². The van der Waals surface area contributed by atoms with Gasteiger partial charge in [-0.15, -0.1) is 0 Å². The molecule has 2 amide bonds. The molecule has 0 saturated heterocycles. The molecule has 0 bridgehead atoms. The molecule has 0 heterocycles. The van der Waals surface area contributed by atoms with Crippen LogP contribution in [0.5, 0.6) is 0 Å². The Kier molecular flexibility index (Phi) is 9.54. The van der Waals surface area contributed by atoms with E-state index in [-0.39, 0.29) is 25.2 Å². The molecule has 5 N–H and O–H groups in total. The second-order valence-corrected chi connectivity index (χ2v) is 5.15. The van der Waals surface area contributed by atoms with E-state index < -0.39 is 11.4 Å². The molecule has 0 radical (unpaired) electrons. The third kappa shape index (κ3) is 7.48. The van der Waals surface area contributed by atoms with Gasteiger partial charge in [-0.3, -0.25) is 9.11 Å². The number of carbonyl (C=O) groups is 1. The van der Waals surface area contributed by atoms with E-state index in [9.17, 15) is 4.79 Å². The number of carbonyl (C=O) groups excluding carboxylic acids is 1. The zero-order valence-electron chi connectivity index (χ0n) is 12.7. The molecular weight excluding hydrogens is 312 g/mol. The summed E-state index contributed by atoms with van der Waals surface area (Å²) in [6, 6.07) is 5.22. The molecule has 0 atom stereocenters. The van der Waals surface area contributed by atoms with Crippen LogP contribution in [-0.2, 0) is 11.4 Å². The van der Waals surface area contributed by atoms with Crippen LogP contribution in [0.15, 0.2) is 18.2 Å². The Labute approximate surface area is 131 Å². The first-order valence-electron chi connectivity index (χ1n) is 6.33. The number of benzene rings is 1. The van der Waals surface area contributed by atoms with Crippen LogP contribution in [0.4, 0.5) is 10.5 Å². The molecule has 1 aromatic rings. The van der Waals surface area contributed by atoms with Gasteiger partial charge in [-0.25, -0.2) is 4.79 Å². The lowest BCUT2D eigenvalue weighted by Crippen LogP contribution is -2.27. The van der Waals surface area contributed by atoms with Crippen molar-refractivity contribution in [3.05, 3.63) is 29.3 Å². The standard InChI is InChI=1S/C13H20N2O3.H2O3S/c1-9-6-11(14-13(18)15(2)3)4-5-12(9)10(7-16)8-17;1-4(2)3/h4-6,10,16-17H,7-8H2,1-3H3,(H,14,18);(H2,1,2,3). The van der Waals surface area contributed by atoms with Gasteiger partial charge in [0.05, 0.1) is 13.2 Å². The van der Waals surface area contributed by atoms with E-state index >= 15 is 0 Å². The lowest BCUT2D eigenvalue weighted by molar-refractivity contribution is 0.192. The molecule has 0 aliphatic carbocycles. The summed E-state index contributed by atoms with van der Waals surface area (Å²) in [6.07, 6.45) is 0. The number of nitrogens with one attached hydrogen (secondary N) is 1. The first kappa shape index (κ1) is 20.5. The van der Waals surface area contributed by atoms with Crippen LogP contribution in [0.3, 0.4) is 0 Å². The smallest absolute Gasteiger partial charge is 0.321 e. The van der Waals surface area contributed by atoms with Gasteiger partial charge in [0, 0.05) is 25.7 Å². The number of anilines is 1. The minimum Gasteiger partial charge on any atom is -0.396 e. The average Bonchev–Trinajstić information content (AvgIpc) is 2.41. The van der Waals surface area contributed by atoms with Crippen molar-refractivity contribution in [2.24, 2.45) is 0 Å². The monoisotopic (exact) mass is 334 g/mol. The molecule has 0 fully saturated rings. The number of aliphatic hydroxyl groups is 2. The van der Waals surface area contributed by atoms with E-state index in [1.54, 1.807) is 20.2 Å². The summed E-state index contributed by atoms with van der Waals surface area (Å²) in [7, 11) is 3.34. The lowest BCUT2D eigenvalue weighted by atomic mass is 9.96. The van der Waals surface area contributed by atoms with Crippen LogP contribution in [0.1, 0.15) is 17.0 Å². The Balaban J connectivity index is 0.000000980. The zero-order chi connectivity index (χ0) is 17.3. The van der Waals surface area contributed by atoms with E-state index in [0.717, 1.165) is 11.1 Å². The Morgan fingerprint density at radius 2 is 1.77 bits per heavy atom. The average molecular weight is 334 g/mol. The number of rotatable bonds is 4. The topological polar surface area (TPSA) is 130 Å². The van der Waals surface area contributed by atoms with Gasteiger partial charge in [0.2, 0.25) is 0 Å². The summed E-state index contributed by atoms with van der Waals surface area (Å²) >= 11 is -2.61. The Morgan fingerprint density at radius 1 is 1.27 bits per heavy atom. The van der Waals surface area contributed by atoms with Crippen molar-refractivity contribution in [2.75, 3.05) is 32.6 Å². The number of hydrogen-bond donors (Lipinski definition) is 5. The van der Waals surface area contributed by atoms with E-state index in [1.165, 1.54) is 4.90 Å². The number of nitrogens with zero attached hydrogens (tertiary/aromatic N) is 1.